The van der Waals surface area contributed by atoms with Gasteiger partial charge >= 0.3 is 0 Å². The average molecular weight is 247 g/mol. The second-order valence-corrected chi connectivity index (χ2v) is 6.01. The molecule has 4 heteroatoms. The Bertz CT molecular complexity index is 466. The van der Waals surface area contributed by atoms with Crippen LogP contribution in [-0.2, 0) is 0 Å². The lowest BCUT2D eigenvalue weighted by Gasteiger charge is -2.07. The van der Waals surface area contributed by atoms with Crippen LogP contribution in [0.2, 0.25) is 0 Å². The van der Waals surface area contributed by atoms with Crippen molar-refractivity contribution in [2.45, 2.75) is 33.7 Å². The molecule has 1 fully saturated rings. The number of amides is 1. The third-order valence-electron chi connectivity index (χ3n) is 4.53. The summed E-state index contributed by atoms with van der Waals surface area (Å²) >= 11 is 0. The van der Waals surface area contributed by atoms with E-state index in [1.54, 1.807) is 13.1 Å². The maximum Gasteiger partial charge on any atom is 0.270 e. The number of hydrogen-bond donors (Lipinski definition) is 2. The Kier molecular flexibility index (Phi) is 2.84. The predicted octanol–water partition coefficient (Wildman–Crippen LogP) is 2.29. The maximum absolute atomic E-state index is 12.1. The molecule has 1 heterocycles. The van der Waals surface area contributed by atoms with Gasteiger partial charge < -0.3 is 10.6 Å². The molecule has 4 nitrogen and oxygen atoms in total. The van der Waals surface area contributed by atoms with E-state index in [2.05, 4.69) is 43.3 Å². The van der Waals surface area contributed by atoms with Crippen LogP contribution in [0.3, 0.4) is 0 Å². The molecule has 1 saturated carbocycles. The van der Waals surface area contributed by atoms with E-state index in [-0.39, 0.29) is 22.8 Å². The molecule has 0 radical (unpaired) electrons. The molecule has 0 unspecified atom stereocenters. The van der Waals surface area contributed by atoms with Crippen molar-refractivity contribution in [3.8, 4) is 0 Å². The number of nitrogens with zero attached hydrogens (tertiary/aromatic N) is 1. The number of rotatable bonds is 3. The first-order chi connectivity index (χ1) is 8.30. The van der Waals surface area contributed by atoms with Crippen LogP contribution < -0.4 is 10.6 Å². The topological polar surface area (TPSA) is 54.0 Å². The van der Waals surface area contributed by atoms with Crippen molar-refractivity contribution in [1.29, 1.82) is 0 Å². The number of aromatic nitrogens is 1. The predicted molar refractivity (Wildman–Crippen MR) is 72.6 cm³/mol. The first-order valence-electron chi connectivity index (χ1n) is 6.26. The third-order valence-corrected chi connectivity index (χ3v) is 4.53. The molecule has 0 aliphatic heterocycles. The van der Waals surface area contributed by atoms with Crippen LogP contribution in [-0.4, -0.2) is 24.0 Å². The first kappa shape index (κ1) is 12.9. The summed E-state index contributed by atoms with van der Waals surface area (Å²) < 4.78 is 0. The average Bonchev–Trinajstić information content (AvgIpc) is 2.71. The summed E-state index contributed by atoms with van der Waals surface area (Å²) in [5.41, 5.74) is 0.743. The highest BCUT2D eigenvalue weighted by atomic mass is 16.2. The second kappa shape index (κ2) is 3.97. The molecule has 0 bridgehead atoms. The molecule has 1 aromatic rings. The Morgan fingerprint density at radius 3 is 2.33 bits per heavy atom. The third kappa shape index (κ3) is 1.85. The number of pyridine rings is 1. The Hall–Kier alpha value is -1.58. The minimum atomic E-state index is -0.101. The molecular weight excluding hydrogens is 226 g/mol. The van der Waals surface area contributed by atoms with E-state index in [0.717, 1.165) is 0 Å². The van der Waals surface area contributed by atoms with E-state index in [4.69, 9.17) is 0 Å². The van der Waals surface area contributed by atoms with E-state index in [1.807, 2.05) is 12.1 Å². The van der Waals surface area contributed by atoms with Gasteiger partial charge in [-0.3, -0.25) is 4.79 Å². The van der Waals surface area contributed by atoms with Gasteiger partial charge in [0.2, 0.25) is 0 Å². The highest BCUT2D eigenvalue weighted by Gasteiger charge is 2.65. The van der Waals surface area contributed by atoms with Gasteiger partial charge in [0.15, 0.2) is 0 Å². The zero-order valence-corrected chi connectivity index (χ0v) is 11.7. The van der Waals surface area contributed by atoms with E-state index in [1.165, 1.54) is 0 Å². The van der Waals surface area contributed by atoms with Gasteiger partial charge in [0.1, 0.15) is 11.5 Å². The van der Waals surface area contributed by atoms with Gasteiger partial charge in [0.25, 0.3) is 5.91 Å². The van der Waals surface area contributed by atoms with Crippen LogP contribution in [0, 0.1) is 10.8 Å². The van der Waals surface area contributed by atoms with Gasteiger partial charge in [-0.15, -0.1) is 0 Å². The second-order valence-electron chi connectivity index (χ2n) is 6.01. The van der Waals surface area contributed by atoms with Crippen LogP contribution in [0.25, 0.3) is 0 Å². The smallest absolute Gasteiger partial charge is 0.270 e. The van der Waals surface area contributed by atoms with Crippen LogP contribution in [0.15, 0.2) is 18.2 Å². The minimum absolute atomic E-state index is 0.101. The summed E-state index contributed by atoms with van der Waals surface area (Å²) in [6.45, 7) is 8.70. The Balaban J connectivity index is 2.10. The van der Waals surface area contributed by atoms with Crippen molar-refractivity contribution in [3.05, 3.63) is 23.9 Å². The van der Waals surface area contributed by atoms with Gasteiger partial charge in [-0.25, -0.2) is 4.98 Å². The standard InChI is InChI=1S/C14H21N3O/c1-13(2)12(14(13,3)4)17-11(18)9-7-6-8-10(15-5)16-9/h6-8,12H,1-5H3,(H,15,16)(H,17,18). The lowest BCUT2D eigenvalue weighted by atomic mass is 10.0. The maximum atomic E-state index is 12.1. The Labute approximate surface area is 108 Å². The number of carbonyl (C=O) groups excluding carboxylic acids is 1. The quantitative estimate of drug-likeness (QED) is 0.861. The monoisotopic (exact) mass is 247 g/mol. The molecule has 1 aromatic heterocycles. The van der Waals surface area contributed by atoms with Crippen molar-refractivity contribution in [2.24, 2.45) is 10.8 Å². The molecule has 1 aliphatic carbocycles. The van der Waals surface area contributed by atoms with Crippen LogP contribution in [0.1, 0.15) is 38.2 Å². The Morgan fingerprint density at radius 1 is 1.22 bits per heavy atom. The molecule has 0 saturated heterocycles. The van der Waals surface area contributed by atoms with Gasteiger partial charge in [0.05, 0.1) is 0 Å². The summed E-state index contributed by atoms with van der Waals surface area (Å²) in [6.07, 6.45) is 0. The van der Waals surface area contributed by atoms with E-state index < -0.39 is 0 Å². The summed E-state index contributed by atoms with van der Waals surface area (Å²) in [7, 11) is 1.79. The lowest BCUT2D eigenvalue weighted by molar-refractivity contribution is 0.0939. The summed E-state index contributed by atoms with van der Waals surface area (Å²) in [6, 6.07) is 5.61. The van der Waals surface area contributed by atoms with Crippen LogP contribution in [0.5, 0.6) is 0 Å². The van der Waals surface area contributed by atoms with Crippen LogP contribution >= 0.6 is 0 Å². The van der Waals surface area contributed by atoms with E-state index >= 15 is 0 Å². The largest absolute Gasteiger partial charge is 0.373 e. The number of carbonyl (C=O) groups is 1. The molecule has 0 spiro atoms. The Morgan fingerprint density at radius 2 is 1.83 bits per heavy atom. The fourth-order valence-electron chi connectivity index (χ4n) is 2.46. The number of nitrogens with one attached hydrogen (secondary N) is 2. The zero-order chi connectivity index (χ0) is 13.6. The molecule has 98 valence electrons. The van der Waals surface area contributed by atoms with Gasteiger partial charge in [0, 0.05) is 13.1 Å². The molecule has 0 aromatic carbocycles. The number of anilines is 1. The van der Waals surface area contributed by atoms with Crippen molar-refractivity contribution >= 4 is 11.7 Å². The van der Waals surface area contributed by atoms with E-state index in [9.17, 15) is 4.79 Å². The molecule has 2 N–H and O–H groups in total. The van der Waals surface area contributed by atoms with Gasteiger partial charge in [-0.1, -0.05) is 33.8 Å². The van der Waals surface area contributed by atoms with Crippen molar-refractivity contribution in [2.75, 3.05) is 12.4 Å². The van der Waals surface area contributed by atoms with Gasteiger partial charge in [-0.05, 0) is 23.0 Å². The van der Waals surface area contributed by atoms with Gasteiger partial charge in [-0.2, -0.15) is 0 Å². The number of hydrogen-bond acceptors (Lipinski definition) is 3. The minimum Gasteiger partial charge on any atom is -0.373 e. The van der Waals surface area contributed by atoms with E-state index in [0.29, 0.717) is 11.5 Å². The molecule has 18 heavy (non-hydrogen) atoms. The SMILES string of the molecule is CNc1cccc(C(=O)NC2C(C)(C)C2(C)C)n1. The highest BCUT2D eigenvalue weighted by molar-refractivity contribution is 5.93. The van der Waals surface area contributed by atoms with Crippen molar-refractivity contribution in [3.63, 3.8) is 0 Å². The normalized spacial score (nSPS) is 20.3. The fourth-order valence-corrected chi connectivity index (χ4v) is 2.46. The molecular formula is C14H21N3O. The molecule has 0 atom stereocenters. The highest BCUT2D eigenvalue weighted by Crippen LogP contribution is 2.62. The van der Waals surface area contributed by atoms with Crippen molar-refractivity contribution in [1.82, 2.24) is 10.3 Å². The summed E-state index contributed by atoms with van der Waals surface area (Å²) in [4.78, 5) is 16.4. The molecule has 1 aliphatic rings. The summed E-state index contributed by atoms with van der Waals surface area (Å²) in [5.74, 6) is 0.604. The lowest BCUT2D eigenvalue weighted by Crippen LogP contribution is -2.30. The molecule has 2 rings (SSSR count). The first-order valence-corrected chi connectivity index (χ1v) is 6.26. The van der Waals surface area contributed by atoms with Crippen molar-refractivity contribution < 1.29 is 4.79 Å². The molecule has 1 amide bonds. The summed E-state index contributed by atoms with van der Waals surface area (Å²) in [5, 5.41) is 6.01. The van der Waals surface area contributed by atoms with Crippen LogP contribution in [0.4, 0.5) is 5.82 Å². The zero-order valence-electron chi connectivity index (χ0n) is 11.7. The fraction of sp³-hybridized carbons (Fsp3) is 0.571.